The van der Waals surface area contributed by atoms with E-state index in [0.717, 1.165) is 34.1 Å². The van der Waals surface area contributed by atoms with E-state index in [4.69, 9.17) is 0 Å². The van der Waals surface area contributed by atoms with Crippen LogP contribution in [0.3, 0.4) is 0 Å². The highest BCUT2D eigenvalue weighted by molar-refractivity contribution is 7.92. The van der Waals surface area contributed by atoms with E-state index in [9.17, 15) is 22.8 Å². The lowest BCUT2D eigenvalue weighted by Gasteiger charge is -2.17. The molecule has 0 radical (unpaired) electrons. The number of sulfonamides is 1. The Kier molecular flexibility index (Phi) is 6.11. The molecule has 0 atom stereocenters. The average Bonchev–Trinajstić information content (AvgIpc) is 3.32. The number of anilines is 1. The van der Waals surface area contributed by atoms with Gasteiger partial charge in [0.25, 0.3) is 15.6 Å². The van der Waals surface area contributed by atoms with Crippen molar-refractivity contribution in [3.8, 4) is 0 Å². The maximum Gasteiger partial charge on any atom is 0.331 e. The lowest BCUT2D eigenvalue weighted by molar-refractivity contribution is -0.130. The first-order chi connectivity index (χ1) is 16.0. The Morgan fingerprint density at radius 3 is 2.24 bits per heavy atom. The topological polar surface area (TPSA) is 110 Å². The Morgan fingerprint density at radius 2 is 1.62 bits per heavy atom. The molecule has 10 heteroatoms. The zero-order valence-corrected chi connectivity index (χ0v) is 20.5. The largest absolute Gasteiger partial charge is 0.341 e. The van der Waals surface area contributed by atoms with Crippen molar-refractivity contribution in [2.45, 2.75) is 45.1 Å². The minimum Gasteiger partial charge on any atom is -0.341 e. The van der Waals surface area contributed by atoms with Gasteiger partial charge in [0.15, 0.2) is 0 Å². The highest BCUT2D eigenvalue weighted by atomic mass is 32.2. The van der Waals surface area contributed by atoms with Crippen molar-refractivity contribution < 1.29 is 13.2 Å². The minimum absolute atomic E-state index is 0.0524. The quantitative estimate of drug-likeness (QED) is 0.596. The van der Waals surface area contributed by atoms with E-state index in [0.29, 0.717) is 24.3 Å². The van der Waals surface area contributed by atoms with E-state index in [1.807, 2.05) is 32.9 Å². The predicted molar refractivity (Wildman–Crippen MR) is 131 cm³/mol. The SMILES string of the molecule is Cc1cc(C)c(NS(=O)(=O)c2ccc3c(c2)c(=O)n(CC(=O)N2CCCC2)c(=O)n3C)c(C)c1. The van der Waals surface area contributed by atoms with Crippen LogP contribution in [0.25, 0.3) is 10.9 Å². The molecule has 3 aromatic rings. The monoisotopic (exact) mass is 484 g/mol. The molecule has 0 spiro atoms. The number of hydrogen-bond acceptors (Lipinski definition) is 5. The number of aromatic nitrogens is 2. The van der Waals surface area contributed by atoms with Gasteiger partial charge >= 0.3 is 5.69 Å². The zero-order chi connectivity index (χ0) is 24.8. The third kappa shape index (κ3) is 4.25. The molecule has 2 heterocycles. The van der Waals surface area contributed by atoms with Gasteiger partial charge in [-0.05, 0) is 62.9 Å². The van der Waals surface area contributed by atoms with Crippen LogP contribution in [0.5, 0.6) is 0 Å². The summed E-state index contributed by atoms with van der Waals surface area (Å²) >= 11 is 0. The molecule has 180 valence electrons. The predicted octanol–water partition coefficient (Wildman–Crippen LogP) is 2.05. The van der Waals surface area contributed by atoms with Gasteiger partial charge in [0, 0.05) is 20.1 Å². The van der Waals surface area contributed by atoms with E-state index in [-0.39, 0.29) is 22.7 Å². The number of nitrogens with zero attached hydrogens (tertiary/aromatic N) is 3. The second-order valence-electron chi connectivity index (χ2n) is 8.88. The second-order valence-corrected chi connectivity index (χ2v) is 10.6. The Bertz CT molecular complexity index is 1510. The summed E-state index contributed by atoms with van der Waals surface area (Å²) in [5, 5.41) is 0.0524. The molecular formula is C24H28N4O5S. The molecular weight excluding hydrogens is 456 g/mol. The van der Waals surface area contributed by atoms with Gasteiger partial charge < -0.3 is 4.90 Å². The highest BCUT2D eigenvalue weighted by Crippen LogP contribution is 2.26. The van der Waals surface area contributed by atoms with Crippen LogP contribution in [0, 0.1) is 20.8 Å². The molecule has 1 amide bonds. The summed E-state index contributed by atoms with van der Waals surface area (Å²) < 4.78 is 31.1. The fourth-order valence-corrected chi connectivity index (χ4v) is 5.77. The van der Waals surface area contributed by atoms with Gasteiger partial charge in [-0.3, -0.25) is 23.4 Å². The number of nitrogens with one attached hydrogen (secondary N) is 1. The second kappa shape index (κ2) is 8.75. The van der Waals surface area contributed by atoms with Crippen LogP contribution >= 0.6 is 0 Å². The summed E-state index contributed by atoms with van der Waals surface area (Å²) in [6.07, 6.45) is 1.79. The molecule has 1 saturated heterocycles. The van der Waals surface area contributed by atoms with E-state index < -0.39 is 21.3 Å². The Balaban J connectivity index is 1.78. The van der Waals surface area contributed by atoms with Crippen molar-refractivity contribution in [1.82, 2.24) is 14.0 Å². The third-order valence-corrected chi connectivity index (χ3v) is 7.65. The molecule has 34 heavy (non-hydrogen) atoms. The Morgan fingerprint density at radius 1 is 1.00 bits per heavy atom. The summed E-state index contributed by atoms with van der Waals surface area (Å²) in [6, 6.07) is 7.83. The molecule has 1 fully saturated rings. The highest BCUT2D eigenvalue weighted by Gasteiger charge is 2.23. The number of fused-ring (bicyclic) bond motifs is 1. The van der Waals surface area contributed by atoms with E-state index >= 15 is 0 Å². The van der Waals surface area contributed by atoms with Gasteiger partial charge in [0.1, 0.15) is 6.54 Å². The van der Waals surface area contributed by atoms with Gasteiger partial charge in [0.05, 0.1) is 21.5 Å². The van der Waals surface area contributed by atoms with Gasteiger partial charge in [-0.25, -0.2) is 13.2 Å². The summed E-state index contributed by atoms with van der Waals surface area (Å²) in [6.45, 7) is 6.42. The van der Waals surface area contributed by atoms with Gasteiger partial charge in [0.2, 0.25) is 5.91 Å². The van der Waals surface area contributed by atoms with Crippen molar-refractivity contribution in [3.63, 3.8) is 0 Å². The lowest BCUT2D eigenvalue weighted by atomic mass is 10.1. The maximum absolute atomic E-state index is 13.2. The molecule has 9 nitrogen and oxygen atoms in total. The van der Waals surface area contributed by atoms with Crippen LogP contribution in [-0.4, -0.2) is 41.4 Å². The fraction of sp³-hybridized carbons (Fsp3) is 0.375. The van der Waals surface area contributed by atoms with Crippen LogP contribution in [0.2, 0.25) is 0 Å². The number of benzene rings is 2. The van der Waals surface area contributed by atoms with Crippen molar-refractivity contribution in [1.29, 1.82) is 0 Å². The summed E-state index contributed by atoms with van der Waals surface area (Å²) in [4.78, 5) is 40.1. The smallest absolute Gasteiger partial charge is 0.331 e. The van der Waals surface area contributed by atoms with Crippen LogP contribution in [0.1, 0.15) is 29.5 Å². The average molecular weight is 485 g/mol. The van der Waals surface area contributed by atoms with Gasteiger partial charge in [-0.2, -0.15) is 0 Å². The number of likely N-dealkylation sites (tertiary alicyclic amines) is 1. The lowest BCUT2D eigenvalue weighted by Crippen LogP contribution is -2.43. The van der Waals surface area contributed by atoms with Crippen LogP contribution < -0.4 is 16.0 Å². The molecule has 0 aliphatic carbocycles. The van der Waals surface area contributed by atoms with Crippen LogP contribution in [0.15, 0.2) is 44.8 Å². The molecule has 0 bridgehead atoms. The number of carbonyl (C=O) groups excluding carboxylic acids is 1. The van der Waals surface area contributed by atoms with Crippen molar-refractivity contribution >= 4 is 32.5 Å². The first-order valence-corrected chi connectivity index (χ1v) is 12.6. The molecule has 1 aliphatic heterocycles. The normalized spacial score (nSPS) is 14.1. The third-order valence-electron chi connectivity index (χ3n) is 6.30. The number of hydrogen-bond donors (Lipinski definition) is 1. The summed E-state index contributed by atoms with van der Waals surface area (Å²) in [7, 11) is -2.52. The van der Waals surface area contributed by atoms with Crippen molar-refractivity contribution in [2.24, 2.45) is 7.05 Å². The van der Waals surface area contributed by atoms with E-state index in [1.54, 1.807) is 4.90 Å². The molecule has 0 saturated carbocycles. The number of rotatable bonds is 5. The number of aryl methyl sites for hydroxylation is 4. The first-order valence-electron chi connectivity index (χ1n) is 11.1. The number of amides is 1. The van der Waals surface area contributed by atoms with Gasteiger partial charge in [-0.15, -0.1) is 0 Å². The van der Waals surface area contributed by atoms with Crippen molar-refractivity contribution in [2.75, 3.05) is 17.8 Å². The molecule has 1 aromatic heterocycles. The standard InChI is InChI=1S/C24H28N4O5S/c1-15-11-16(2)22(17(3)12-15)25-34(32,33)18-7-8-20-19(13-18)23(30)28(24(31)26(20)4)14-21(29)27-9-5-6-10-27/h7-8,11-13,25H,5-6,9-10,14H2,1-4H3. The molecule has 4 rings (SSSR count). The summed E-state index contributed by atoms with van der Waals surface area (Å²) in [5.74, 6) is -0.299. The molecule has 1 aliphatic rings. The van der Waals surface area contributed by atoms with Crippen LogP contribution in [0.4, 0.5) is 5.69 Å². The molecule has 1 N–H and O–H groups in total. The number of carbonyl (C=O) groups is 1. The van der Waals surface area contributed by atoms with E-state index in [1.165, 1.54) is 29.8 Å². The van der Waals surface area contributed by atoms with E-state index in [2.05, 4.69) is 4.72 Å². The first kappa shape index (κ1) is 23.7. The zero-order valence-electron chi connectivity index (χ0n) is 19.7. The molecule has 0 unspecified atom stereocenters. The van der Waals surface area contributed by atoms with Crippen molar-refractivity contribution in [3.05, 3.63) is 67.9 Å². The Labute approximate surface area is 197 Å². The maximum atomic E-state index is 13.2. The van der Waals surface area contributed by atoms with Crippen LogP contribution in [-0.2, 0) is 28.4 Å². The molecule has 2 aromatic carbocycles. The summed E-state index contributed by atoms with van der Waals surface area (Å²) in [5.41, 5.74) is 2.06. The Hall–Kier alpha value is -3.40. The van der Waals surface area contributed by atoms with Gasteiger partial charge in [-0.1, -0.05) is 17.7 Å². The minimum atomic E-state index is -4.01. The fourth-order valence-electron chi connectivity index (χ4n) is 4.54.